The number of amides is 2. The maximum Gasteiger partial charge on any atom is 0.321 e. The Hall–Kier alpha value is -2.08. The molecule has 1 aromatic rings. The number of carbonyl (C=O) groups excluding carboxylic acids is 1. The van der Waals surface area contributed by atoms with Crippen LogP contribution in [0.1, 0.15) is 12.0 Å². The van der Waals surface area contributed by atoms with E-state index in [2.05, 4.69) is 10.2 Å². The Bertz CT molecular complexity index is 493. The lowest BCUT2D eigenvalue weighted by Crippen LogP contribution is -2.50. The maximum atomic E-state index is 12.1. The van der Waals surface area contributed by atoms with E-state index in [0.717, 1.165) is 11.3 Å². The Morgan fingerprint density at radius 2 is 1.76 bits per heavy atom. The highest BCUT2D eigenvalue weighted by molar-refractivity contribution is 5.89. The molecule has 1 saturated heterocycles. The van der Waals surface area contributed by atoms with Gasteiger partial charge in [0.1, 0.15) is 0 Å². The van der Waals surface area contributed by atoms with E-state index in [1.807, 2.05) is 31.2 Å². The molecule has 0 radical (unpaired) electrons. The van der Waals surface area contributed by atoms with Crippen molar-refractivity contribution in [2.75, 3.05) is 38.0 Å². The Balaban J connectivity index is 1.77. The molecule has 114 valence electrons. The van der Waals surface area contributed by atoms with E-state index in [-0.39, 0.29) is 12.5 Å². The van der Waals surface area contributed by atoms with E-state index in [1.54, 1.807) is 4.90 Å². The van der Waals surface area contributed by atoms with Gasteiger partial charge in [-0.25, -0.2) is 4.79 Å². The first-order chi connectivity index (χ1) is 10.0. The number of nitrogens with one attached hydrogen (secondary N) is 1. The summed E-state index contributed by atoms with van der Waals surface area (Å²) in [6.07, 6.45) is 0.148. The van der Waals surface area contributed by atoms with Gasteiger partial charge in [0.05, 0.1) is 6.42 Å². The highest BCUT2D eigenvalue weighted by atomic mass is 16.4. The summed E-state index contributed by atoms with van der Waals surface area (Å²) in [6, 6.07) is 7.59. The zero-order chi connectivity index (χ0) is 15.2. The average Bonchev–Trinajstić information content (AvgIpc) is 2.48. The summed E-state index contributed by atoms with van der Waals surface area (Å²) in [6.45, 7) is 5.22. The van der Waals surface area contributed by atoms with Crippen molar-refractivity contribution in [3.05, 3.63) is 29.8 Å². The van der Waals surface area contributed by atoms with Crippen molar-refractivity contribution in [1.29, 1.82) is 0 Å². The second-order valence-electron chi connectivity index (χ2n) is 5.27. The molecule has 0 spiro atoms. The second-order valence-corrected chi connectivity index (χ2v) is 5.27. The fourth-order valence-corrected chi connectivity index (χ4v) is 2.27. The normalized spacial score (nSPS) is 15.8. The molecule has 1 aliphatic heterocycles. The number of carboxylic acids is 1. The summed E-state index contributed by atoms with van der Waals surface area (Å²) in [4.78, 5) is 26.5. The quantitative estimate of drug-likeness (QED) is 0.884. The van der Waals surface area contributed by atoms with E-state index in [1.165, 1.54) is 0 Å². The first kappa shape index (κ1) is 15.3. The Morgan fingerprint density at radius 1 is 1.14 bits per heavy atom. The number of hydrogen-bond donors (Lipinski definition) is 2. The minimum Gasteiger partial charge on any atom is -0.481 e. The number of hydrogen-bond acceptors (Lipinski definition) is 3. The summed E-state index contributed by atoms with van der Waals surface area (Å²) >= 11 is 0. The van der Waals surface area contributed by atoms with Crippen LogP contribution < -0.4 is 5.32 Å². The molecule has 1 fully saturated rings. The topological polar surface area (TPSA) is 72.9 Å². The highest BCUT2D eigenvalue weighted by Crippen LogP contribution is 2.11. The zero-order valence-electron chi connectivity index (χ0n) is 12.2. The van der Waals surface area contributed by atoms with Crippen LogP contribution in [0, 0.1) is 6.92 Å². The van der Waals surface area contributed by atoms with E-state index in [4.69, 9.17) is 5.11 Å². The minimum absolute atomic E-state index is 0.100. The molecule has 6 heteroatoms. The van der Waals surface area contributed by atoms with Crippen molar-refractivity contribution in [1.82, 2.24) is 9.80 Å². The van der Waals surface area contributed by atoms with Crippen LogP contribution in [0.3, 0.4) is 0 Å². The van der Waals surface area contributed by atoms with Gasteiger partial charge in [-0.2, -0.15) is 0 Å². The predicted octanol–water partition coefficient (Wildman–Crippen LogP) is 1.62. The number of rotatable bonds is 4. The summed E-state index contributed by atoms with van der Waals surface area (Å²) in [7, 11) is 0. The lowest BCUT2D eigenvalue weighted by Gasteiger charge is -2.34. The van der Waals surface area contributed by atoms with Crippen LogP contribution in [0.15, 0.2) is 24.3 Å². The van der Waals surface area contributed by atoms with Crippen LogP contribution in [-0.2, 0) is 4.79 Å². The fourth-order valence-electron chi connectivity index (χ4n) is 2.27. The van der Waals surface area contributed by atoms with E-state index < -0.39 is 5.97 Å². The van der Waals surface area contributed by atoms with Gasteiger partial charge in [0.25, 0.3) is 0 Å². The largest absolute Gasteiger partial charge is 0.481 e. The summed E-state index contributed by atoms with van der Waals surface area (Å²) in [5.41, 5.74) is 1.94. The Labute approximate surface area is 124 Å². The number of carbonyl (C=O) groups is 2. The van der Waals surface area contributed by atoms with Crippen LogP contribution in [0.25, 0.3) is 0 Å². The molecule has 0 saturated carbocycles. The lowest BCUT2D eigenvalue weighted by molar-refractivity contribution is -0.137. The third kappa shape index (κ3) is 4.75. The number of aliphatic carboxylic acids is 1. The van der Waals surface area contributed by atoms with Crippen LogP contribution in [-0.4, -0.2) is 59.6 Å². The van der Waals surface area contributed by atoms with Crippen molar-refractivity contribution < 1.29 is 14.7 Å². The van der Waals surface area contributed by atoms with Gasteiger partial charge in [0.2, 0.25) is 0 Å². The molecule has 0 unspecified atom stereocenters. The van der Waals surface area contributed by atoms with Gasteiger partial charge in [-0.15, -0.1) is 0 Å². The Kier molecular flexibility index (Phi) is 5.16. The summed E-state index contributed by atoms with van der Waals surface area (Å²) in [5, 5.41) is 11.5. The lowest BCUT2D eigenvalue weighted by atomic mass is 10.2. The van der Waals surface area contributed by atoms with Gasteiger partial charge in [-0.05, 0) is 19.1 Å². The van der Waals surface area contributed by atoms with Crippen LogP contribution >= 0.6 is 0 Å². The molecule has 1 aromatic carbocycles. The third-order valence-electron chi connectivity index (χ3n) is 3.60. The smallest absolute Gasteiger partial charge is 0.321 e. The molecule has 2 N–H and O–H groups in total. The minimum atomic E-state index is -0.783. The molecule has 6 nitrogen and oxygen atoms in total. The van der Waals surface area contributed by atoms with Crippen molar-refractivity contribution >= 4 is 17.7 Å². The maximum absolute atomic E-state index is 12.1. The van der Waals surface area contributed by atoms with E-state index in [9.17, 15) is 9.59 Å². The average molecular weight is 291 g/mol. The molecule has 21 heavy (non-hydrogen) atoms. The van der Waals surface area contributed by atoms with Crippen molar-refractivity contribution in [2.45, 2.75) is 13.3 Å². The number of carboxylic acid groups (broad SMARTS) is 1. The fraction of sp³-hybridized carbons (Fsp3) is 0.467. The monoisotopic (exact) mass is 291 g/mol. The molecule has 0 atom stereocenters. The zero-order valence-corrected chi connectivity index (χ0v) is 12.2. The van der Waals surface area contributed by atoms with Gasteiger partial charge in [0.15, 0.2) is 0 Å². The van der Waals surface area contributed by atoms with Gasteiger partial charge in [0, 0.05) is 38.4 Å². The predicted molar refractivity (Wildman–Crippen MR) is 80.5 cm³/mol. The van der Waals surface area contributed by atoms with Crippen molar-refractivity contribution in [3.8, 4) is 0 Å². The molecule has 0 bridgehead atoms. The first-order valence-electron chi connectivity index (χ1n) is 7.11. The van der Waals surface area contributed by atoms with Crippen molar-refractivity contribution in [3.63, 3.8) is 0 Å². The van der Waals surface area contributed by atoms with E-state index >= 15 is 0 Å². The second kappa shape index (κ2) is 7.08. The molecule has 0 aliphatic carbocycles. The van der Waals surface area contributed by atoms with Gasteiger partial charge < -0.3 is 15.3 Å². The van der Waals surface area contributed by atoms with Crippen molar-refractivity contribution in [2.24, 2.45) is 0 Å². The highest BCUT2D eigenvalue weighted by Gasteiger charge is 2.21. The summed E-state index contributed by atoms with van der Waals surface area (Å²) in [5.74, 6) is -0.783. The number of benzene rings is 1. The Morgan fingerprint density at radius 3 is 2.33 bits per heavy atom. The standard InChI is InChI=1S/C15H21N3O3/c1-12-2-4-13(5-3-12)16-15(21)18-10-8-17(9-11-18)7-6-14(19)20/h2-5H,6-11H2,1H3,(H,16,21)(H,19,20). The molecule has 2 amide bonds. The molecule has 1 aliphatic rings. The van der Waals surface area contributed by atoms with Crippen LogP contribution in [0.4, 0.5) is 10.5 Å². The molecular weight excluding hydrogens is 270 g/mol. The van der Waals surface area contributed by atoms with Gasteiger partial charge >= 0.3 is 12.0 Å². The number of nitrogens with zero attached hydrogens (tertiary/aromatic N) is 2. The number of anilines is 1. The van der Waals surface area contributed by atoms with E-state index in [0.29, 0.717) is 32.7 Å². The summed E-state index contributed by atoms with van der Waals surface area (Å²) < 4.78 is 0. The number of piperazine rings is 1. The molecule has 1 heterocycles. The van der Waals surface area contributed by atoms with Crippen LogP contribution in [0.5, 0.6) is 0 Å². The molecular formula is C15H21N3O3. The SMILES string of the molecule is Cc1ccc(NC(=O)N2CCN(CCC(=O)O)CC2)cc1. The number of aryl methyl sites for hydroxylation is 1. The third-order valence-corrected chi connectivity index (χ3v) is 3.60. The molecule has 0 aromatic heterocycles. The first-order valence-corrected chi connectivity index (χ1v) is 7.11. The number of urea groups is 1. The molecule has 2 rings (SSSR count). The van der Waals surface area contributed by atoms with Gasteiger partial charge in [-0.1, -0.05) is 17.7 Å². The van der Waals surface area contributed by atoms with Crippen LogP contribution in [0.2, 0.25) is 0 Å². The van der Waals surface area contributed by atoms with Gasteiger partial charge in [-0.3, -0.25) is 9.69 Å².